The maximum absolute atomic E-state index is 11.8. The smallest absolute Gasteiger partial charge is 0.264 e. The number of carbonyl (C=O) groups excluding carboxylic acids is 1. The van der Waals surface area contributed by atoms with Gasteiger partial charge in [-0.15, -0.1) is 10.2 Å². The lowest BCUT2D eigenvalue weighted by Gasteiger charge is -2.13. The quantitative estimate of drug-likeness (QED) is 0.606. The van der Waals surface area contributed by atoms with E-state index in [0.29, 0.717) is 16.7 Å². The van der Waals surface area contributed by atoms with E-state index in [1.165, 1.54) is 11.8 Å². The molecular weight excluding hydrogens is 334 g/mol. The van der Waals surface area contributed by atoms with Gasteiger partial charge < -0.3 is 4.74 Å². The topological polar surface area (TPSA) is 81.1 Å². The number of para-hydroxylation sites is 1. The molecule has 0 atom stereocenters. The highest BCUT2D eigenvalue weighted by Gasteiger charge is 2.11. The Morgan fingerprint density at radius 1 is 1.35 bits per heavy atom. The molecule has 0 fully saturated rings. The Bertz CT molecular complexity index is 675. The Balaban J connectivity index is 1.84. The van der Waals surface area contributed by atoms with Crippen molar-refractivity contribution in [2.24, 2.45) is 0 Å². The van der Waals surface area contributed by atoms with Crippen LogP contribution < -0.4 is 15.5 Å². The normalized spacial score (nSPS) is 10.2. The first-order chi connectivity index (χ1) is 11.1. The van der Waals surface area contributed by atoms with E-state index in [4.69, 9.17) is 17.0 Å². The van der Waals surface area contributed by atoms with Crippen LogP contribution in [0.1, 0.15) is 12.7 Å². The van der Waals surface area contributed by atoms with E-state index in [-0.39, 0.29) is 17.6 Å². The van der Waals surface area contributed by atoms with Crippen LogP contribution in [0.25, 0.3) is 0 Å². The Kier molecular flexibility index (Phi) is 6.36. The summed E-state index contributed by atoms with van der Waals surface area (Å²) >= 11 is 6.65. The number of hydrogen-bond acceptors (Lipinski definition) is 6. The molecule has 1 heterocycles. The second kappa shape index (κ2) is 8.49. The number of ether oxygens (including phenoxy) is 1. The molecule has 0 aliphatic carbocycles. The van der Waals surface area contributed by atoms with Gasteiger partial charge >= 0.3 is 0 Å². The number of rotatable bonds is 6. The molecule has 0 radical (unpaired) electrons. The SMILES string of the molecule is CCSc1nnc(C)n1NC(=S)NC(=O)COc1ccccc1. The van der Waals surface area contributed by atoms with Gasteiger partial charge in [0.2, 0.25) is 5.16 Å². The number of aryl methyl sites for hydroxylation is 1. The molecule has 0 saturated heterocycles. The summed E-state index contributed by atoms with van der Waals surface area (Å²) < 4.78 is 6.99. The third-order valence-electron chi connectivity index (χ3n) is 2.65. The van der Waals surface area contributed by atoms with Crippen molar-refractivity contribution in [1.82, 2.24) is 20.2 Å². The first-order valence-corrected chi connectivity index (χ1v) is 8.33. The third-order valence-corrected chi connectivity index (χ3v) is 3.65. The summed E-state index contributed by atoms with van der Waals surface area (Å²) in [5, 5.41) is 11.4. The van der Waals surface area contributed by atoms with Crippen molar-refractivity contribution in [2.45, 2.75) is 19.0 Å². The van der Waals surface area contributed by atoms with Crippen molar-refractivity contribution in [3.8, 4) is 5.75 Å². The Morgan fingerprint density at radius 3 is 2.78 bits per heavy atom. The van der Waals surface area contributed by atoms with E-state index >= 15 is 0 Å². The van der Waals surface area contributed by atoms with Gasteiger partial charge in [-0.25, -0.2) is 4.68 Å². The van der Waals surface area contributed by atoms with E-state index in [0.717, 1.165) is 5.75 Å². The van der Waals surface area contributed by atoms with Crippen molar-refractivity contribution in [3.63, 3.8) is 0 Å². The molecule has 0 aliphatic rings. The van der Waals surface area contributed by atoms with Gasteiger partial charge in [-0.05, 0) is 37.0 Å². The lowest BCUT2D eigenvalue weighted by molar-refractivity contribution is -0.121. The number of benzene rings is 1. The fourth-order valence-electron chi connectivity index (χ4n) is 1.65. The Hall–Kier alpha value is -2.13. The zero-order valence-corrected chi connectivity index (χ0v) is 14.4. The molecule has 1 aromatic heterocycles. The number of aromatic nitrogens is 3. The van der Waals surface area contributed by atoms with Gasteiger partial charge in [0, 0.05) is 0 Å². The van der Waals surface area contributed by atoms with Crippen LogP contribution in [-0.2, 0) is 4.79 Å². The first-order valence-electron chi connectivity index (χ1n) is 6.93. The van der Waals surface area contributed by atoms with Crippen LogP contribution >= 0.6 is 24.0 Å². The summed E-state index contributed by atoms with van der Waals surface area (Å²) in [6.07, 6.45) is 0. The van der Waals surface area contributed by atoms with Crippen molar-refractivity contribution in [1.29, 1.82) is 0 Å². The zero-order chi connectivity index (χ0) is 16.7. The molecule has 0 bridgehead atoms. The minimum absolute atomic E-state index is 0.121. The van der Waals surface area contributed by atoms with Crippen molar-refractivity contribution < 1.29 is 9.53 Å². The van der Waals surface area contributed by atoms with E-state index in [1.54, 1.807) is 23.7 Å². The molecule has 2 rings (SSSR count). The van der Waals surface area contributed by atoms with Gasteiger partial charge in [-0.2, -0.15) is 0 Å². The van der Waals surface area contributed by atoms with Gasteiger partial charge in [-0.1, -0.05) is 36.9 Å². The molecule has 0 aliphatic heterocycles. The monoisotopic (exact) mass is 351 g/mol. The highest BCUT2D eigenvalue weighted by molar-refractivity contribution is 7.99. The van der Waals surface area contributed by atoms with Crippen molar-refractivity contribution >= 4 is 35.0 Å². The van der Waals surface area contributed by atoms with Crippen molar-refractivity contribution in [3.05, 3.63) is 36.2 Å². The van der Waals surface area contributed by atoms with Crippen LogP contribution in [0.5, 0.6) is 5.75 Å². The number of carbonyl (C=O) groups is 1. The van der Waals surface area contributed by atoms with Gasteiger partial charge in [0.1, 0.15) is 11.6 Å². The molecule has 9 heteroatoms. The average molecular weight is 351 g/mol. The van der Waals surface area contributed by atoms with E-state index < -0.39 is 0 Å². The Labute approximate surface area is 143 Å². The fraction of sp³-hybridized carbons (Fsp3) is 0.286. The second-order valence-corrected chi connectivity index (χ2v) is 6.03. The van der Waals surface area contributed by atoms with Gasteiger partial charge in [0.15, 0.2) is 11.7 Å². The first kappa shape index (κ1) is 17.2. The molecule has 2 aromatic rings. The number of thioether (sulfide) groups is 1. The summed E-state index contributed by atoms with van der Waals surface area (Å²) in [7, 11) is 0. The van der Waals surface area contributed by atoms with Crippen LogP contribution in [-0.4, -0.2) is 38.3 Å². The van der Waals surface area contributed by atoms with Gasteiger partial charge in [0.25, 0.3) is 5.91 Å². The molecule has 1 aromatic carbocycles. The molecule has 2 N–H and O–H groups in total. The number of hydrogen-bond donors (Lipinski definition) is 2. The average Bonchev–Trinajstić information content (AvgIpc) is 2.87. The molecule has 0 unspecified atom stereocenters. The molecule has 1 amide bonds. The standard InChI is InChI=1S/C14H17N5O2S2/c1-3-23-14-17-16-10(2)19(14)18-13(22)15-12(20)9-21-11-7-5-4-6-8-11/h4-8H,3,9H2,1-2H3,(H2,15,18,20,22). The summed E-state index contributed by atoms with van der Waals surface area (Å²) in [5.41, 5.74) is 2.89. The number of nitrogens with one attached hydrogen (secondary N) is 2. The maximum Gasteiger partial charge on any atom is 0.264 e. The molecular formula is C14H17N5O2S2. The van der Waals surface area contributed by atoms with Crippen LogP contribution in [0.2, 0.25) is 0 Å². The number of thiocarbonyl (C=S) groups is 1. The van der Waals surface area contributed by atoms with Gasteiger partial charge in [0.05, 0.1) is 0 Å². The van der Waals surface area contributed by atoms with Crippen LogP contribution in [0.3, 0.4) is 0 Å². The molecule has 122 valence electrons. The maximum atomic E-state index is 11.8. The lowest BCUT2D eigenvalue weighted by Crippen LogP contribution is -2.40. The van der Waals surface area contributed by atoms with Crippen molar-refractivity contribution in [2.75, 3.05) is 17.8 Å². The predicted molar refractivity (Wildman–Crippen MR) is 93.2 cm³/mol. The predicted octanol–water partition coefficient (Wildman–Crippen LogP) is 1.72. The van der Waals surface area contributed by atoms with E-state index in [2.05, 4.69) is 20.9 Å². The largest absolute Gasteiger partial charge is 0.484 e. The van der Waals surface area contributed by atoms with Crippen LogP contribution in [0.4, 0.5) is 0 Å². The molecule has 7 nitrogen and oxygen atoms in total. The zero-order valence-electron chi connectivity index (χ0n) is 12.8. The number of amides is 1. The fourth-order valence-corrected chi connectivity index (χ4v) is 2.52. The molecule has 23 heavy (non-hydrogen) atoms. The Morgan fingerprint density at radius 2 is 2.09 bits per heavy atom. The number of nitrogens with zero attached hydrogens (tertiary/aromatic N) is 3. The summed E-state index contributed by atoms with van der Waals surface area (Å²) in [6.45, 7) is 3.69. The minimum Gasteiger partial charge on any atom is -0.484 e. The highest BCUT2D eigenvalue weighted by atomic mass is 32.2. The third kappa shape index (κ3) is 5.22. The molecule has 0 spiro atoms. The van der Waals surface area contributed by atoms with Crippen LogP contribution in [0, 0.1) is 6.92 Å². The summed E-state index contributed by atoms with van der Waals surface area (Å²) in [5.74, 6) is 1.78. The lowest BCUT2D eigenvalue weighted by atomic mass is 10.3. The highest BCUT2D eigenvalue weighted by Crippen LogP contribution is 2.14. The van der Waals surface area contributed by atoms with Crippen LogP contribution in [0.15, 0.2) is 35.5 Å². The minimum atomic E-state index is -0.346. The molecule has 0 saturated carbocycles. The van der Waals surface area contributed by atoms with E-state index in [1.807, 2.05) is 25.1 Å². The summed E-state index contributed by atoms with van der Waals surface area (Å²) in [6, 6.07) is 9.10. The second-order valence-electron chi connectivity index (χ2n) is 4.39. The summed E-state index contributed by atoms with van der Waals surface area (Å²) in [4.78, 5) is 11.8. The van der Waals surface area contributed by atoms with Gasteiger partial charge in [-0.3, -0.25) is 15.5 Å². The van der Waals surface area contributed by atoms with E-state index in [9.17, 15) is 4.79 Å².